The van der Waals surface area contributed by atoms with E-state index >= 15 is 0 Å². The van der Waals surface area contributed by atoms with Crippen molar-refractivity contribution in [2.45, 2.75) is 13.5 Å². The van der Waals surface area contributed by atoms with Crippen molar-refractivity contribution in [3.05, 3.63) is 72.3 Å². The standard InChI is InChI=1S/C20H19NO3/c1-3-7-15-10-11-17(18(12-15)22-2)23-14-20-21-13-19(24-20)16-8-5-4-6-9-16/h3-13H,14H2,1-2H3. The molecule has 0 aliphatic heterocycles. The molecule has 0 spiro atoms. The summed E-state index contributed by atoms with van der Waals surface area (Å²) in [6.45, 7) is 2.22. The normalized spacial score (nSPS) is 10.9. The van der Waals surface area contributed by atoms with E-state index in [4.69, 9.17) is 13.9 Å². The molecule has 4 heteroatoms. The van der Waals surface area contributed by atoms with Crippen LogP contribution in [-0.4, -0.2) is 12.1 Å². The average Bonchev–Trinajstić information content (AvgIpc) is 3.10. The summed E-state index contributed by atoms with van der Waals surface area (Å²) < 4.78 is 16.9. The minimum absolute atomic E-state index is 0.242. The molecular formula is C20H19NO3. The largest absolute Gasteiger partial charge is 0.493 e. The molecule has 0 amide bonds. The van der Waals surface area contributed by atoms with Gasteiger partial charge in [0.05, 0.1) is 13.3 Å². The van der Waals surface area contributed by atoms with Crippen LogP contribution in [0.1, 0.15) is 18.4 Å². The Morgan fingerprint density at radius 2 is 1.92 bits per heavy atom. The highest BCUT2D eigenvalue weighted by Crippen LogP contribution is 2.29. The lowest BCUT2D eigenvalue weighted by atomic mass is 10.2. The third-order valence-electron chi connectivity index (χ3n) is 3.51. The Hall–Kier alpha value is -3.01. The van der Waals surface area contributed by atoms with Gasteiger partial charge in [0.15, 0.2) is 23.9 Å². The summed E-state index contributed by atoms with van der Waals surface area (Å²) in [6.07, 6.45) is 5.69. The van der Waals surface area contributed by atoms with Crippen LogP contribution in [0.2, 0.25) is 0 Å². The lowest BCUT2D eigenvalue weighted by Gasteiger charge is -2.10. The first-order valence-corrected chi connectivity index (χ1v) is 7.74. The first-order valence-electron chi connectivity index (χ1n) is 7.74. The summed E-state index contributed by atoms with van der Waals surface area (Å²) in [4.78, 5) is 4.27. The van der Waals surface area contributed by atoms with Crippen LogP contribution in [0.4, 0.5) is 0 Å². The van der Waals surface area contributed by atoms with Gasteiger partial charge >= 0.3 is 0 Å². The molecule has 0 saturated heterocycles. The van der Waals surface area contributed by atoms with Gasteiger partial charge in [-0.05, 0) is 24.6 Å². The van der Waals surface area contributed by atoms with Crippen molar-refractivity contribution < 1.29 is 13.9 Å². The number of benzene rings is 2. The van der Waals surface area contributed by atoms with Crippen LogP contribution >= 0.6 is 0 Å². The number of hydrogen-bond donors (Lipinski definition) is 0. The molecular weight excluding hydrogens is 302 g/mol. The zero-order chi connectivity index (χ0) is 16.8. The molecule has 0 unspecified atom stereocenters. The molecule has 3 rings (SSSR count). The summed E-state index contributed by atoms with van der Waals surface area (Å²) in [5.74, 6) is 2.59. The molecule has 3 aromatic rings. The summed E-state index contributed by atoms with van der Waals surface area (Å²) in [5, 5.41) is 0. The van der Waals surface area contributed by atoms with Crippen LogP contribution in [-0.2, 0) is 6.61 Å². The fraction of sp³-hybridized carbons (Fsp3) is 0.150. The minimum atomic E-state index is 0.242. The second-order valence-corrected chi connectivity index (χ2v) is 5.18. The summed E-state index contributed by atoms with van der Waals surface area (Å²) >= 11 is 0. The molecule has 0 bridgehead atoms. The van der Waals surface area contributed by atoms with Crippen LogP contribution in [0.25, 0.3) is 17.4 Å². The molecule has 24 heavy (non-hydrogen) atoms. The lowest BCUT2D eigenvalue weighted by molar-refractivity contribution is 0.251. The van der Waals surface area contributed by atoms with Gasteiger partial charge in [-0.3, -0.25) is 0 Å². The summed E-state index contributed by atoms with van der Waals surface area (Å²) in [6, 6.07) is 15.6. The predicted molar refractivity (Wildman–Crippen MR) is 94.0 cm³/mol. The van der Waals surface area contributed by atoms with E-state index in [0.29, 0.717) is 17.4 Å². The number of rotatable bonds is 6. The van der Waals surface area contributed by atoms with E-state index in [-0.39, 0.29) is 6.61 Å². The van der Waals surface area contributed by atoms with Gasteiger partial charge in [0.2, 0.25) is 5.89 Å². The van der Waals surface area contributed by atoms with Crippen molar-refractivity contribution in [3.63, 3.8) is 0 Å². The van der Waals surface area contributed by atoms with Crippen molar-refractivity contribution >= 4 is 6.08 Å². The molecule has 4 nitrogen and oxygen atoms in total. The van der Waals surface area contributed by atoms with Gasteiger partial charge < -0.3 is 13.9 Å². The molecule has 0 atom stereocenters. The van der Waals surface area contributed by atoms with Crippen molar-refractivity contribution in [1.29, 1.82) is 0 Å². The molecule has 0 saturated carbocycles. The van der Waals surface area contributed by atoms with Gasteiger partial charge in [0, 0.05) is 5.56 Å². The fourth-order valence-corrected chi connectivity index (χ4v) is 2.35. The first-order chi connectivity index (χ1) is 11.8. The molecule has 0 aliphatic rings. The van der Waals surface area contributed by atoms with E-state index in [2.05, 4.69) is 4.98 Å². The third kappa shape index (κ3) is 3.66. The molecule has 1 aromatic heterocycles. The van der Waals surface area contributed by atoms with Gasteiger partial charge in [-0.25, -0.2) is 4.98 Å². The zero-order valence-corrected chi connectivity index (χ0v) is 13.7. The molecule has 0 aliphatic carbocycles. The molecule has 0 radical (unpaired) electrons. The summed E-state index contributed by atoms with van der Waals surface area (Å²) in [7, 11) is 1.63. The maximum absolute atomic E-state index is 5.79. The highest BCUT2D eigenvalue weighted by molar-refractivity contribution is 5.56. The fourth-order valence-electron chi connectivity index (χ4n) is 2.35. The predicted octanol–water partition coefficient (Wildman–Crippen LogP) is 4.96. The average molecular weight is 321 g/mol. The molecule has 0 N–H and O–H groups in total. The van der Waals surface area contributed by atoms with Crippen LogP contribution in [0.15, 0.2) is 65.2 Å². The topological polar surface area (TPSA) is 44.5 Å². The Kier molecular flexibility index (Phi) is 4.96. The van der Waals surface area contributed by atoms with E-state index in [0.717, 1.165) is 16.9 Å². The number of nitrogens with zero attached hydrogens (tertiary/aromatic N) is 1. The number of oxazole rings is 1. The Labute approximate surface area is 141 Å². The zero-order valence-electron chi connectivity index (χ0n) is 13.7. The Morgan fingerprint density at radius 3 is 2.67 bits per heavy atom. The van der Waals surface area contributed by atoms with E-state index in [1.165, 1.54) is 0 Å². The molecule has 2 aromatic carbocycles. The molecule has 122 valence electrons. The molecule has 1 heterocycles. The summed E-state index contributed by atoms with van der Waals surface area (Å²) in [5.41, 5.74) is 2.05. The highest BCUT2D eigenvalue weighted by atomic mass is 16.5. The van der Waals surface area contributed by atoms with Crippen molar-refractivity contribution in [2.75, 3.05) is 7.11 Å². The number of aromatic nitrogens is 1. The van der Waals surface area contributed by atoms with Gasteiger partial charge in [-0.2, -0.15) is 0 Å². The van der Waals surface area contributed by atoms with Gasteiger partial charge in [-0.1, -0.05) is 48.6 Å². The Morgan fingerprint density at radius 1 is 1.08 bits per heavy atom. The maximum atomic E-state index is 5.79. The van der Waals surface area contributed by atoms with E-state index < -0.39 is 0 Å². The first kappa shape index (κ1) is 15.9. The Balaban J connectivity index is 1.71. The maximum Gasteiger partial charge on any atom is 0.232 e. The number of methoxy groups -OCH3 is 1. The van der Waals surface area contributed by atoms with Crippen molar-refractivity contribution in [1.82, 2.24) is 4.98 Å². The number of allylic oxidation sites excluding steroid dienone is 1. The Bertz CT molecular complexity index is 822. The minimum Gasteiger partial charge on any atom is -0.493 e. The van der Waals surface area contributed by atoms with Gasteiger partial charge in [-0.15, -0.1) is 0 Å². The quantitative estimate of drug-likeness (QED) is 0.643. The van der Waals surface area contributed by atoms with Gasteiger partial charge in [0.25, 0.3) is 0 Å². The highest BCUT2D eigenvalue weighted by Gasteiger charge is 2.09. The second-order valence-electron chi connectivity index (χ2n) is 5.18. The smallest absolute Gasteiger partial charge is 0.232 e. The van der Waals surface area contributed by atoms with Crippen molar-refractivity contribution in [3.8, 4) is 22.8 Å². The second kappa shape index (κ2) is 7.51. The van der Waals surface area contributed by atoms with Gasteiger partial charge in [0.1, 0.15) is 0 Å². The van der Waals surface area contributed by atoms with Crippen LogP contribution < -0.4 is 9.47 Å². The van der Waals surface area contributed by atoms with Crippen molar-refractivity contribution in [2.24, 2.45) is 0 Å². The lowest BCUT2D eigenvalue weighted by Crippen LogP contribution is -1.98. The molecule has 0 fully saturated rings. The monoisotopic (exact) mass is 321 g/mol. The number of ether oxygens (including phenoxy) is 2. The van der Waals surface area contributed by atoms with Crippen LogP contribution in [0.5, 0.6) is 11.5 Å². The SMILES string of the molecule is CC=Cc1ccc(OCc2ncc(-c3ccccc3)o2)c(OC)c1. The number of hydrogen-bond acceptors (Lipinski definition) is 4. The third-order valence-corrected chi connectivity index (χ3v) is 3.51. The van der Waals surface area contributed by atoms with E-state index in [1.54, 1.807) is 13.3 Å². The van der Waals surface area contributed by atoms with E-state index in [1.807, 2.05) is 67.6 Å². The van der Waals surface area contributed by atoms with Crippen LogP contribution in [0, 0.1) is 0 Å². The van der Waals surface area contributed by atoms with Crippen LogP contribution in [0.3, 0.4) is 0 Å². The van der Waals surface area contributed by atoms with E-state index in [9.17, 15) is 0 Å².